The van der Waals surface area contributed by atoms with Crippen LogP contribution in [0.4, 0.5) is 0 Å². The molecular weight excluding hydrogens is 308 g/mol. The van der Waals surface area contributed by atoms with Gasteiger partial charge in [-0.05, 0) is 45.3 Å². The van der Waals surface area contributed by atoms with Gasteiger partial charge in [-0.25, -0.2) is 13.1 Å². The Morgan fingerprint density at radius 2 is 2.29 bits per heavy atom. The van der Waals surface area contributed by atoms with Gasteiger partial charge in [0.2, 0.25) is 10.0 Å². The van der Waals surface area contributed by atoms with Crippen molar-refractivity contribution in [3.63, 3.8) is 0 Å². The van der Waals surface area contributed by atoms with Crippen LogP contribution < -0.4 is 4.72 Å². The summed E-state index contributed by atoms with van der Waals surface area (Å²) >= 11 is 1.26. The van der Waals surface area contributed by atoms with Gasteiger partial charge >= 0.3 is 0 Å². The normalized spacial score (nSPS) is 20.8. The van der Waals surface area contributed by atoms with Crippen LogP contribution in [0.1, 0.15) is 37.5 Å². The number of thiophene rings is 1. The zero-order valence-corrected chi connectivity index (χ0v) is 14.0. The van der Waals surface area contributed by atoms with E-state index in [2.05, 4.69) is 16.5 Å². The summed E-state index contributed by atoms with van der Waals surface area (Å²) < 4.78 is 26.8. The SMILES string of the molecule is CC1CCCCN1CCCNS(=O)(=O)c1csc(CO)c1. The zero-order valence-electron chi connectivity index (χ0n) is 12.4. The van der Waals surface area contributed by atoms with E-state index in [1.807, 2.05) is 0 Å². The lowest BCUT2D eigenvalue weighted by Crippen LogP contribution is -2.39. The molecule has 1 fully saturated rings. The minimum Gasteiger partial charge on any atom is -0.391 e. The largest absolute Gasteiger partial charge is 0.391 e. The lowest BCUT2D eigenvalue weighted by Gasteiger charge is -2.33. The molecule has 1 atom stereocenters. The molecule has 1 aliphatic heterocycles. The highest BCUT2D eigenvalue weighted by molar-refractivity contribution is 7.89. The molecular formula is C14H24N2O3S2. The Morgan fingerprint density at radius 1 is 1.48 bits per heavy atom. The van der Waals surface area contributed by atoms with E-state index in [4.69, 9.17) is 5.11 Å². The Bertz CT molecular complexity index is 542. The number of rotatable bonds is 7. The van der Waals surface area contributed by atoms with Crippen molar-refractivity contribution in [1.82, 2.24) is 9.62 Å². The maximum absolute atomic E-state index is 12.1. The van der Waals surface area contributed by atoms with Gasteiger partial charge in [-0.15, -0.1) is 11.3 Å². The van der Waals surface area contributed by atoms with E-state index in [0.29, 0.717) is 17.5 Å². The maximum Gasteiger partial charge on any atom is 0.241 e. The monoisotopic (exact) mass is 332 g/mol. The van der Waals surface area contributed by atoms with Crippen molar-refractivity contribution in [2.75, 3.05) is 19.6 Å². The smallest absolute Gasteiger partial charge is 0.241 e. The molecule has 0 saturated carbocycles. The molecule has 120 valence electrons. The van der Waals surface area contributed by atoms with Gasteiger partial charge in [0.15, 0.2) is 0 Å². The van der Waals surface area contributed by atoms with Crippen molar-refractivity contribution in [3.8, 4) is 0 Å². The summed E-state index contributed by atoms with van der Waals surface area (Å²) in [6.07, 6.45) is 4.61. The van der Waals surface area contributed by atoms with E-state index in [1.54, 1.807) is 5.38 Å². The molecule has 0 amide bonds. The number of nitrogens with one attached hydrogen (secondary N) is 1. The lowest BCUT2D eigenvalue weighted by molar-refractivity contribution is 0.159. The first-order valence-corrected chi connectivity index (χ1v) is 9.81. The highest BCUT2D eigenvalue weighted by Gasteiger charge is 2.18. The summed E-state index contributed by atoms with van der Waals surface area (Å²) in [5.74, 6) is 0. The summed E-state index contributed by atoms with van der Waals surface area (Å²) in [7, 11) is -3.44. The fourth-order valence-electron chi connectivity index (χ4n) is 2.65. The summed E-state index contributed by atoms with van der Waals surface area (Å²) in [6.45, 7) is 4.64. The fourth-order valence-corrected chi connectivity index (χ4v) is 4.85. The molecule has 1 aromatic rings. The predicted octanol–water partition coefficient (Wildman–Crippen LogP) is 1.78. The highest BCUT2D eigenvalue weighted by atomic mass is 32.2. The Morgan fingerprint density at radius 3 is 2.95 bits per heavy atom. The number of hydrogen-bond acceptors (Lipinski definition) is 5. The molecule has 1 unspecified atom stereocenters. The van der Waals surface area contributed by atoms with Gasteiger partial charge in [0.05, 0.1) is 11.5 Å². The van der Waals surface area contributed by atoms with Gasteiger partial charge in [0, 0.05) is 22.8 Å². The Labute approximate surface area is 131 Å². The van der Waals surface area contributed by atoms with Crippen LogP contribution in [-0.2, 0) is 16.6 Å². The zero-order chi connectivity index (χ0) is 15.3. The van der Waals surface area contributed by atoms with Crippen molar-refractivity contribution >= 4 is 21.4 Å². The minimum atomic E-state index is -3.44. The summed E-state index contributed by atoms with van der Waals surface area (Å²) in [5.41, 5.74) is 0. The number of sulfonamides is 1. The van der Waals surface area contributed by atoms with E-state index in [9.17, 15) is 8.42 Å². The van der Waals surface area contributed by atoms with E-state index in [0.717, 1.165) is 19.5 Å². The number of likely N-dealkylation sites (tertiary alicyclic amines) is 1. The van der Waals surface area contributed by atoms with Crippen molar-refractivity contribution < 1.29 is 13.5 Å². The van der Waals surface area contributed by atoms with Gasteiger partial charge in [-0.1, -0.05) is 6.42 Å². The van der Waals surface area contributed by atoms with Crippen LogP contribution in [0, 0.1) is 0 Å². The first-order valence-electron chi connectivity index (χ1n) is 7.45. The van der Waals surface area contributed by atoms with Gasteiger partial charge in [0.1, 0.15) is 0 Å². The van der Waals surface area contributed by atoms with Crippen molar-refractivity contribution in [2.45, 2.75) is 50.2 Å². The van der Waals surface area contributed by atoms with Crippen molar-refractivity contribution in [3.05, 3.63) is 16.3 Å². The number of aliphatic hydroxyl groups is 1. The average Bonchev–Trinajstić information content (AvgIpc) is 2.95. The van der Waals surface area contributed by atoms with Crippen molar-refractivity contribution in [2.24, 2.45) is 0 Å². The Hall–Kier alpha value is -0.470. The number of piperidine rings is 1. The van der Waals surface area contributed by atoms with Gasteiger partial charge in [-0.3, -0.25) is 0 Å². The van der Waals surface area contributed by atoms with Gasteiger partial charge in [-0.2, -0.15) is 0 Å². The minimum absolute atomic E-state index is 0.118. The third kappa shape index (κ3) is 4.75. The van der Waals surface area contributed by atoms with E-state index in [-0.39, 0.29) is 11.5 Å². The van der Waals surface area contributed by atoms with Gasteiger partial charge in [0.25, 0.3) is 0 Å². The summed E-state index contributed by atoms with van der Waals surface area (Å²) in [5, 5.41) is 10.6. The predicted molar refractivity (Wildman–Crippen MR) is 84.9 cm³/mol. The molecule has 1 saturated heterocycles. The van der Waals surface area contributed by atoms with Crippen molar-refractivity contribution in [1.29, 1.82) is 0 Å². The van der Waals surface area contributed by atoms with Crippen LogP contribution >= 0.6 is 11.3 Å². The molecule has 2 rings (SSSR count). The molecule has 0 aromatic carbocycles. The Kier molecular flexibility index (Phi) is 6.19. The van der Waals surface area contributed by atoms with Crippen LogP contribution in [0.2, 0.25) is 0 Å². The van der Waals surface area contributed by atoms with E-state index < -0.39 is 10.0 Å². The topological polar surface area (TPSA) is 69.6 Å². The first kappa shape index (κ1) is 16.9. The second-order valence-corrected chi connectivity index (χ2v) is 8.30. The number of nitrogens with zero attached hydrogens (tertiary/aromatic N) is 1. The van der Waals surface area contributed by atoms with Crippen LogP contribution in [0.3, 0.4) is 0 Å². The molecule has 21 heavy (non-hydrogen) atoms. The van der Waals surface area contributed by atoms with Gasteiger partial charge < -0.3 is 10.0 Å². The molecule has 5 nitrogen and oxygen atoms in total. The molecule has 1 aromatic heterocycles. The maximum atomic E-state index is 12.1. The molecule has 0 aliphatic carbocycles. The van der Waals surface area contributed by atoms with Crippen LogP contribution in [0.25, 0.3) is 0 Å². The third-order valence-electron chi connectivity index (χ3n) is 3.95. The number of hydrogen-bond donors (Lipinski definition) is 2. The van der Waals surface area contributed by atoms with E-state index in [1.165, 1.54) is 36.7 Å². The summed E-state index contributed by atoms with van der Waals surface area (Å²) in [4.78, 5) is 3.35. The molecule has 0 bridgehead atoms. The molecule has 2 heterocycles. The Balaban J connectivity index is 1.77. The summed E-state index contributed by atoms with van der Waals surface area (Å²) in [6, 6.07) is 2.14. The quantitative estimate of drug-likeness (QED) is 0.747. The molecule has 0 spiro atoms. The third-order valence-corrected chi connectivity index (χ3v) is 6.46. The second kappa shape index (κ2) is 7.69. The van der Waals surface area contributed by atoms with Crippen LogP contribution in [0.15, 0.2) is 16.3 Å². The van der Waals surface area contributed by atoms with Crippen LogP contribution in [0.5, 0.6) is 0 Å². The first-order chi connectivity index (χ1) is 10.0. The molecule has 1 aliphatic rings. The highest BCUT2D eigenvalue weighted by Crippen LogP contribution is 2.19. The molecule has 7 heteroatoms. The van der Waals surface area contributed by atoms with Crippen LogP contribution in [-0.4, -0.2) is 44.1 Å². The molecule has 2 N–H and O–H groups in total. The molecule has 0 radical (unpaired) electrons. The standard InChI is InChI=1S/C14H24N2O3S2/c1-12-5-2-3-7-16(12)8-4-6-15-21(18,19)14-9-13(10-17)20-11-14/h9,11-12,15,17H,2-8,10H2,1H3. The van der Waals surface area contributed by atoms with E-state index >= 15 is 0 Å². The fraction of sp³-hybridized carbons (Fsp3) is 0.714. The lowest BCUT2D eigenvalue weighted by atomic mass is 10.0. The average molecular weight is 332 g/mol. The second-order valence-electron chi connectivity index (χ2n) is 5.54. The number of aliphatic hydroxyl groups excluding tert-OH is 1.